The molecular formula is C16H23FN2O4S. The summed E-state index contributed by atoms with van der Waals surface area (Å²) < 4.78 is 43.9. The van der Waals surface area contributed by atoms with Crippen molar-refractivity contribution < 1.29 is 22.3 Å². The summed E-state index contributed by atoms with van der Waals surface area (Å²) in [6.45, 7) is 1.38. The lowest BCUT2D eigenvalue weighted by molar-refractivity contribution is -0.127. The molecule has 0 unspecified atom stereocenters. The molecule has 0 aliphatic carbocycles. The molecule has 0 aromatic heterocycles. The van der Waals surface area contributed by atoms with Gasteiger partial charge in [0, 0.05) is 44.3 Å². The molecule has 1 N–H and O–H groups in total. The fourth-order valence-electron chi connectivity index (χ4n) is 2.59. The van der Waals surface area contributed by atoms with Gasteiger partial charge < -0.3 is 10.1 Å². The molecule has 8 heteroatoms. The number of ether oxygens (including phenoxy) is 1. The zero-order chi connectivity index (χ0) is 17.6. The molecule has 1 amide bonds. The average molecular weight is 358 g/mol. The number of amides is 1. The van der Waals surface area contributed by atoms with E-state index in [1.165, 1.54) is 6.07 Å². The summed E-state index contributed by atoms with van der Waals surface area (Å²) in [5, 5.41) is 2.76. The lowest BCUT2D eigenvalue weighted by Gasteiger charge is -2.23. The Kier molecular flexibility index (Phi) is 6.70. The second-order valence-corrected chi connectivity index (χ2v) is 7.85. The van der Waals surface area contributed by atoms with Gasteiger partial charge in [-0.2, -0.15) is 4.31 Å². The van der Waals surface area contributed by atoms with E-state index < -0.39 is 15.8 Å². The lowest BCUT2D eigenvalue weighted by atomic mass is 9.99. The number of rotatable bonds is 7. The zero-order valence-corrected chi connectivity index (χ0v) is 14.5. The minimum absolute atomic E-state index is 0.0569. The van der Waals surface area contributed by atoms with Crippen molar-refractivity contribution >= 4 is 15.9 Å². The van der Waals surface area contributed by atoms with Crippen LogP contribution in [0.4, 0.5) is 4.39 Å². The molecule has 1 aliphatic heterocycles. The highest BCUT2D eigenvalue weighted by atomic mass is 32.2. The molecule has 1 saturated heterocycles. The van der Waals surface area contributed by atoms with Crippen molar-refractivity contribution in [3.05, 3.63) is 35.6 Å². The number of carbonyl (C=O) groups excluding carboxylic acids is 1. The van der Waals surface area contributed by atoms with E-state index in [0.717, 1.165) is 10.6 Å². The third-order valence-corrected chi connectivity index (χ3v) is 5.28. The Morgan fingerprint density at radius 3 is 2.62 bits per heavy atom. The van der Waals surface area contributed by atoms with Crippen LogP contribution in [0.1, 0.15) is 18.4 Å². The Morgan fingerprint density at radius 1 is 1.33 bits per heavy atom. The zero-order valence-electron chi connectivity index (χ0n) is 13.7. The molecule has 1 fully saturated rings. The molecule has 1 aromatic carbocycles. The van der Waals surface area contributed by atoms with E-state index in [4.69, 9.17) is 4.74 Å². The number of carbonyl (C=O) groups is 1. The monoisotopic (exact) mass is 358 g/mol. The second-order valence-electron chi connectivity index (χ2n) is 5.87. The van der Waals surface area contributed by atoms with E-state index in [9.17, 15) is 17.6 Å². The van der Waals surface area contributed by atoms with E-state index in [-0.39, 0.29) is 31.5 Å². The van der Waals surface area contributed by atoms with E-state index in [0.29, 0.717) is 31.6 Å². The van der Waals surface area contributed by atoms with Crippen molar-refractivity contribution in [2.45, 2.75) is 19.4 Å². The first-order chi connectivity index (χ1) is 11.4. The SMILES string of the molecule is CS(=O)(=O)N(CCNC(=O)C1CCOCC1)Cc1ccccc1F. The molecule has 2 rings (SSSR count). The maximum absolute atomic E-state index is 13.7. The number of hydrogen-bond donors (Lipinski definition) is 1. The third kappa shape index (κ3) is 5.54. The highest BCUT2D eigenvalue weighted by Gasteiger charge is 2.22. The number of nitrogens with zero attached hydrogens (tertiary/aromatic N) is 1. The van der Waals surface area contributed by atoms with Crippen LogP contribution in [0.3, 0.4) is 0 Å². The van der Waals surface area contributed by atoms with Crippen molar-refractivity contribution in [2.24, 2.45) is 5.92 Å². The van der Waals surface area contributed by atoms with Gasteiger partial charge in [0.1, 0.15) is 5.82 Å². The van der Waals surface area contributed by atoms with Gasteiger partial charge in [-0.1, -0.05) is 18.2 Å². The predicted octanol–water partition coefficient (Wildman–Crippen LogP) is 1.13. The van der Waals surface area contributed by atoms with E-state index in [1.54, 1.807) is 18.2 Å². The van der Waals surface area contributed by atoms with Gasteiger partial charge in [0.05, 0.1) is 6.26 Å². The molecule has 0 saturated carbocycles. The molecule has 134 valence electrons. The van der Waals surface area contributed by atoms with E-state index >= 15 is 0 Å². The largest absolute Gasteiger partial charge is 0.381 e. The Hall–Kier alpha value is -1.51. The van der Waals surface area contributed by atoms with Gasteiger partial charge in [0.15, 0.2) is 0 Å². The summed E-state index contributed by atoms with van der Waals surface area (Å²) in [7, 11) is -3.51. The topological polar surface area (TPSA) is 75.7 Å². The minimum atomic E-state index is -3.51. The van der Waals surface area contributed by atoms with Gasteiger partial charge in [0.25, 0.3) is 0 Å². The van der Waals surface area contributed by atoms with Gasteiger partial charge in [-0.25, -0.2) is 12.8 Å². The Bertz CT molecular complexity index is 660. The minimum Gasteiger partial charge on any atom is -0.381 e. The Balaban J connectivity index is 1.90. The fourth-order valence-corrected chi connectivity index (χ4v) is 3.38. The van der Waals surface area contributed by atoms with Crippen LogP contribution in [0.25, 0.3) is 0 Å². The number of nitrogens with one attached hydrogen (secondary N) is 1. The molecule has 24 heavy (non-hydrogen) atoms. The average Bonchev–Trinajstić information content (AvgIpc) is 2.55. The van der Waals surface area contributed by atoms with Crippen LogP contribution in [0, 0.1) is 11.7 Å². The summed E-state index contributed by atoms with van der Waals surface area (Å²) >= 11 is 0. The molecule has 0 spiro atoms. The van der Waals surface area contributed by atoms with E-state index in [1.807, 2.05) is 0 Å². The second kappa shape index (κ2) is 8.55. The number of halogens is 1. The molecule has 1 heterocycles. The van der Waals surface area contributed by atoms with Crippen LogP contribution >= 0.6 is 0 Å². The molecule has 1 aliphatic rings. The van der Waals surface area contributed by atoms with Crippen molar-refractivity contribution in [3.8, 4) is 0 Å². The van der Waals surface area contributed by atoms with Crippen LogP contribution in [0.15, 0.2) is 24.3 Å². The van der Waals surface area contributed by atoms with Gasteiger partial charge in [-0.3, -0.25) is 4.79 Å². The number of sulfonamides is 1. The molecule has 0 atom stereocenters. The van der Waals surface area contributed by atoms with Gasteiger partial charge in [-0.05, 0) is 18.9 Å². The molecule has 6 nitrogen and oxygen atoms in total. The van der Waals surface area contributed by atoms with Crippen molar-refractivity contribution in [3.63, 3.8) is 0 Å². The summed E-state index contributed by atoms with van der Waals surface area (Å²) in [6.07, 6.45) is 2.43. The van der Waals surface area contributed by atoms with Crippen molar-refractivity contribution in [1.29, 1.82) is 0 Å². The standard InChI is InChI=1S/C16H23FN2O4S/c1-24(21,22)19(12-14-4-2-3-5-15(14)17)9-8-18-16(20)13-6-10-23-11-7-13/h2-5,13H,6-12H2,1H3,(H,18,20). The maximum Gasteiger partial charge on any atom is 0.223 e. The Labute approximate surface area is 142 Å². The van der Waals surface area contributed by atoms with Crippen LogP contribution in [-0.2, 0) is 26.1 Å². The first-order valence-corrected chi connectivity index (χ1v) is 9.77. The summed E-state index contributed by atoms with van der Waals surface area (Å²) in [5.41, 5.74) is 0.304. The van der Waals surface area contributed by atoms with E-state index in [2.05, 4.69) is 5.32 Å². The van der Waals surface area contributed by atoms with Crippen LogP contribution in [-0.4, -0.2) is 51.2 Å². The van der Waals surface area contributed by atoms with Gasteiger partial charge >= 0.3 is 0 Å². The maximum atomic E-state index is 13.7. The van der Waals surface area contributed by atoms with Crippen molar-refractivity contribution in [1.82, 2.24) is 9.62 Å². The number of benzene rings is 1. The van der Waals surface area contributed by atoms with Gasteiger partial charge in [-0.15, -0.1) is 0 Å². The number of hydrogen-bond acceptors (Lipinski definition) is 4. The quantitative estimate of drug-likeness (QED) is 0.793. The fraction of sp³-hybridized carbons (Fsp3) is 0.562. The Morgan fingerprint density at radius 2 is 2.00 bits per heavy atom. The van der Waals surface area contributed by atoms with Crippen molar-refractivity contribution in [2.75, 3.05) is 32.6 Å². The van der Waals surface area contributed by atoms with Crippen LogP contribution in [0.2, 0.25) is 0 Å². The van der Waals surface area contributed by atoms with Crippen LogP contribution in [0.5, 0.6) is 0 Å². The highest BCUT2D eigenvalue weighted by Crippen LogP contribution is 2.15. The molecule has 0 radical (unpaired) electrons. The smallest absolute Gasteiger partial charge is 0.223 e. The normalized spacial score (nSPS) is 16.3. The third-order valence-electron chi connectivity index (χ3n) is 4.03. The summed E-state index contributed by atoms with van der Waals surface area (Å²) in [5.74, 6) is -0.618. The van der Waals surface area contributed by atoms with Crippen LogP contribution < -0.4 is 5.32 Å². The first kappa shape index (κ1) is 18.8. The summed E-state index contributed by atoms with van der Waals surface area (Å²) in [6, 6.07) is 6.06. The highest BCUT2D eigenvalue weighted by molar-refractivity contribution is 7.88. The molecule has 1 aromatic rings. The summed E-state index contributed by atoms with van der Waals surface area (Å²) in [4.78, 5) is 12.0. The molecular weight excluding hydrogens is 335 g/mol. The predicted molar refractivity (Wildman–Crippen MR) is 88.2 cm³/mol. The first-order valence-electron chi connectivity index (χ1n) is 7.92. The van der Waals surface area contributed by atoms with Gasteiger partial charge in [0.2, 0.25) is 15.9 Å². The molecule has 0 bridgehead atoms. The lowest BCUT2D eigenvalue weighted by Crippen LogP contribution is -2.40.